The van der Waals surface area contributed by atoms with Crippen molar-refractivity contribution in [3.63, 3.8) is 0 Å². The van der Waals surface area contributed by atoms with Crippen molar-refractivity contribution in [2.45, 2.75) is 58.4 Å². The van der Waals surface area contributed by atoms with Gasteiger partial charge in [0.25, 0.3) is 0 Å². The van der Waals surface area contributed by atoms with Crippen molar-refractivity contribution in [3.8, 4) is 0 Å². The van der Waals surface area contributed by atoms with Gasteiger partial charge < -0.3 is 10.3 Å². The molecule has 0 aliphatic heterocycles. The van der Waals surface area contributed by atoms with Crippen molar-refractivity contribution in [3.05, 3.63) is 35.8 Å². The summed E-state index contributed by atoms with van der Waals surface area (Å²) in [5.74, 6) is -0.668. The van der Waals surface area contributed by atoms with Crippen LogP contribution in [0.2, 0.25) is 0 Å². The van der Waals surface area contributed by atoms with Crippen LogP contribution in [0.25, 0.3) is 10.9 Å². The van der Waals surface area contributed by atoms with Crippen LogP contribution in [-0.4, -0.2) is 10.5 Å². The molecule has 2 N–H and O–H groups in total. The predicted molar refractivity (Wildman–Crippen MR) is 88.2 cm³/mol. The Bertz CT molecular complexity index is 633. The maximum atomic E-state index is 13.5. The summed E-state index contributed by atoms with van der Waals surface area (Å²) in [7, 11) is 0. The summed E-state index contributed by atoms with van der Waals surface area (Å²) >= 11 is 0. The highest BCUT2D eigenvalue weighted by atomic mass is 19.1. The van der Waals surface area contributed by atoms with Gasteiger partial charge in [-0.2, -0.15) is 0 Å². The molecule has 0 atom stereocenters. The Morgan fingerprint density at radius 1 is 1.18 bits per heavy atom. The Kier molecular flexibility index (Phi) is 5.99. The second kappa shape index (κ2) is 7.97. The quantitative estimate of drug-likeness (QED) is 0.694. The summed E-state index contributed by atoms with van der Waals surface area (Å²) in [6.07, 6.45) is 9.51. The van der Waals surface area contributed by atoms with E-state index in [0.29, 0.717) is 0 Å². The van der Waals surface area contributed by atoms with Gasteiger partial charge in [0.2, 0.25) is 5.91 Å². The standard InChI is InChI=1S/C18H25FN2O/c1-2-3-4-5-6-7-10-21-13-14(11-18(20)22)16-12-15(19)8-9-17(16)21/h8-9,12-13H,2-7,10-11H2,1H3,(H2,20,22). The van der Waals surface area contributed by atoms with Crippen LogP contribution in [0.1, 0.15) is 51.0 Å². The zero-order chi connectivity index (χ0) is 15.9. The number of carbonyl (C=O) groups is 1. The van der Waals surface area contributed by atoms with Crippen LogP contribution in [0.15, 0.2) is 24.4 Å². The molecule has 4 heteroatoms. The molecule has 0 radical (unpaired) electrons. The molecule has 0 aliphatic carbocycles. The largest absolute Gasteiger partial charge is 0.369 e. The molecule has 1 aromatic heterocycles. The van der Waals surface area contributed by atoms with Gasteiger partial charge in [0.05, 0.1) is 6.42 Å². The van der Waals surface area contributed by atoms with E-state index in [-0.39, 0.29) is 18.1 Å². The Hall–Kier alpha value is -1.84. The molecule has 0 saturated carbocycles. The first-order valence-corrected chi connectivity index (χ1v) is 8.17. The number of halogens is 1. The van der Waals surface area contributed by atoms with Gasteiger partial charge in [-0.15, -0.1) is 0 Å². The molecule has 3 nitrogen and oxygen atoms in total. The van der Waals surface area contributed by atoms with E-state index >= 15 is 0 Å². The van der Waals surface area contributed by atoms with E-state index in [2.05, 4.69) is 11.5 Å². The monoisotopic (exact) mass is 304 g/mol. The van der Waals surface area contributed by atoms with Crippen LogP contribution in [0.3, 0.4) is 0 Å². The lowest BCUT2D eigenvalue weighted by molar-refractivity contribution is -0.117. The molecule has 1 heterocycles. The van der Waals surface area contributed by atoms with E-state index in [1.165, 1.54) is 44.2 Å². The predicted octanol–water partition coefficient (Wildman–Crippen LogP) is 4.17. The number of rotatable bonds is 9. The second-order valence-electron chi connectivity index (χ2n) is 5.92. The third kappa shape index (κ3) is 4.33. The minimum atomic E-state index is -0.386. The summed E-state index contributed by atoms with van der Waals surface area (Å²) in [5.41, 5.74) is 7.08. The van der Waals surface area contributed by atoms with Crippen molar-refractivity contribution in [2.24, 2.45) is 5.73 Å². The number of amides is 1. The van der Waals surface area contributed by atoms with Crippen LogP contribution in [0.5, 0.6) is 0 Å². The van der Waals surface area contributed by atoms with E-state index in [4.69, 9.17) is 5.73 Å². The first-order chi connectivity index (χ1) is 10.6. The average Bonchev–Trinajstić information content (AvgIpc) is 2.79. The van der Waals surface area contributed by atoms with Crippen molar-refractivity contribution >= 4 is 16.8 Å². The highest BCUT2D eigenvalue weighted by molar-refractivity contribution is 5.88. The molecule has 120 valence electrons. The average molecular weight is 304 g/mol. The normalized spacial score (nSPS) is 11.2. The fourth-order valence-electron chi connectivity index (χ4n) is 2.92. The van der Waals surface area contributed by atoms with E-state index in [9.17, 15) is 9.18 Å². The van der Waals surface area contributed by atoms with Crippen molar-refractivity contribution in [2.75, 3.05) is 0 Å². The van der Waals surface area contributed by atoms with Crippen LogP contribution in [0.4, 0.5) is 4.39 Å². The number of primary amides is 1. The number of aromatic nitrogens is 1. The molecular weight excluding hydrogens is 279 g/mol. The smallest absolute Gasteiger partial charge is 0.221 e. The van der Waals surface area contributed by atoms with Crippen LogP contribution >= 0.6 is 0 Å². The summed E-state index contributed by atoms with van der Waals surface area (Å²) < 4.78 is 15.6. The zero-order valence-electron chi connectivity index (χ0n) is 13.3. The van der Waals surface area contributed by atoms with Crippen molar-refractivity contribution in [1.82, 2.24) is 4.57 Å². The maximum absolute atomic E-state index is 13.5. The minimum Gasteiger partial charge on any atom is -0.369 e. The molecule has 0 spiro atoms. The lowest BCUT2D eigenvalue weighted by Gasteiger charge is -2.05. The van der Waals surface area contributed by atoms with E-state index in [1.54, 1.807) is 6.07 Å². The SMILES string of the molecule is CCCCCCCCn1cc(CC(N)=O)c2cc(F)ccc21. The Morgan fingerprint density at radius 2 is 1.91 bits per heavy atom. The van der Waals surface area contributed by atoms with Gasteiger partial charge in [-0.1, -0.05) is 39.0 Å². The van der Waals surface area contributed by atoms with E-state index in [1.807, 2.05) is 6.20 Å². The Balaban J connectivity index is 2.07. The van der Waals surface area contributed by atoms with Crippen LogP contribution in [-0.2, 0) is 17.8 Å². The van der Waals surface area contributed by atoms with Gasteiger partial charge in [-0.05, 0) is 30.2 Å². The zero-order valence-corrected chi connectivity index (χ0v) is 13.3. The minimum absolute atomic E-state index is 0.156. The van der Waals surface area contributed by atoms with E-state index < -0.39 is 0 Å². The number of nitrogens with two attached hydrogens (primary N) is 1. The molecule has 0 fully saturated rings. The van der Waals surface area contributed by atoms with Crippen LogP contribution in [0, 0.1) is 5.82 Å². The molecule has 2 rings (SSSR count). The molecule has 0 unspecified atom stereocenters. The molecule has 0 aliphatic rings. The summed E-state index contributed by atoms with van der Waals surface area (Å²) in [4.78, 5) is 11.2. The van der Waals surface area contributed by atoms with Gasteiger partial charge >= 0.3 is 0 Å². The third-order valence-corrected chi connectivity index (χ3v) is 4.04. The summed E-state index contributed by atoms with van der Waals surface area (Å²) in [5, 5.41) is 0.796. The molecule has 1 amide bonds. The molecule has 1 aromatic carbocycles. The van der Waals surface area contributed by atoms with Gasteiger partial charge in [0.15, 0.2) is 0 Å². The second-order valence-corrected chi connectivity index (χ2v) is 5.92. The van der Waals surface area contributed by atoms with Gasteiger partial charge in [0, 0.05) is 23.6 Å². The number of aryl methyl sites for hydroxylation is 1. The van der Waals surface area contributed by atoms with Gasteiger partial charge in [-0.3, -0.25) is 4.79 Å². The number of unbranched alkanes of at least 4 members (excludes halogenated alkanes) is 5. The fourth-order valence-corrected chi connectivity index (χ4v) is 2.92. The first-order valence-electron chi connectivity index (χ1n) is 8.17. The topological polar surface area (TPSA) is 48.0 Å². The Labute approximate surface area is 131 Å². The summed E-state index contributed by atoms with van der Waals surface area (Å²) in [6.45, 7) is 3.11. The Morgan fingerprint density at radius 3 is 2.64 bits per heavy atom. The van der Waals surface area contributed by atoms with E-state index in [0.717, 1.165) is 29.4 Å². The summed E-state index contributed by atoms with van der Waals surface area (Å²) in [6, 6.07) is 4.74. The number of benzene rings is 1. The fraction of sp³-hybridized carbons (Fsp3) is 0.500. The number of hydrogen-bond acceptors (Lipinski definition) is 1. The highest BCUT2D eigenvalue weighted by Crippen LogP contribution is 2.24. The lowest BCUT2D eigenvalue weighted by Crippen LogP contribution is -2.13. The lowest BCUT2D eigenvalue weighted by atomic mass is 10.1. The molecular formula is C18H25FN2O. The first kappa shape index (κ1) is 16.5. The maximum Gasteiger partial charge on any atom is 0.221 e. The van der Waals surface area contributed by atoms with Crippen molar-refractivity contribution in [1.29, 1.82) is 0 Å². The number of hydrogen-bond donors (Lipinski definition) is 1. The molecule has 22 heavy (non-hydrogen) atoms. The van der Waals surface area contributed by atoms with Crippen molar-refractivity contribution < 1.29 is 9.18 Å². The molecule has 2 aromatic rings. The molecule has 0 saturated heterocycles. The van der Waals surface area contributed by atoms with Gasteiger partial charge in [0.1, 0.15) is 5.82 Å². The third-order valence-electron chi connectivity index (χ3n) is 4.04. The highest BCUT2D eigenvalue weighted by Gasteiger charge is 2.11. The number of fused-ring (bicyclic) bond motifs is 1. The molecule has 0 bridgehead atoms. The number of carbonyl (C=O) groups excluding carboxylic acids is 1. The van der Waals surface area contributed by atoms with Gasteiger partial charge in [-0.25, -0.2) is 4.39 Å². The number of nitrogens with zero attached hydrogens (tertiary/aromatic N) is 1. The van der Waals surface area contributed by atoms with Crippen LogP contribution < -0.4 is 5.73 Å².